The van der Waals surface area contributed by atoms with Gasteiger partial charge in [0.1, 0.15) is 6.67 Å². The summed E-state index contributed by atoms with van der Waals surface area (Å²) in [5, 5.41) is 0. The second kappa shape index (κ2) is 3.99. The molecule has 0 spiro atoms. The van der Waals surface area contributed by atoms with Gasteiger partial charge in [-0.2, -0.15) is 0 Å². The van der Waals surface area contributed by atoms with Gasteiger partial charge in [-0.25, -0.2) is 8.78 Å². The van der Waals surface area contributed by atoms with Crippen LogP contribution < -0.4 is 0 Å². The molecule has 0 saturated carbocycles. The molecular weight excluding hydrogens is 102 g/mol. The molecule has 0 radical (unpaired) electrons. The van der Waals surface area contributed by atoms with E-state index in [0.29, 0.717) is 0 Å². The molecule has 0 aromatic rings. The second-order valence-electron chi connectivity index (χ2n) is 1.24. The highest BCUT2D eigenvalue weighted by molar-refractivity contribution is 4.40. The van der Waals surface area contributed by atoms with Crippen molar-refractivity contribution < 1.29 is 13.5 Å². The van der Waals surface area contributed by atoms with Crippen LogP contribution in [0.2, 0.25) is 0 Å². The van der Waals surface area contributed by atoms with Crippen LogP contribution in [0.15, 0.2) is 0 Å². The van der Waals surface area contributed by atoms with E-state index in [1.165, 1.54) is 6.92 Å². The first-order valence-electron chi connectivity index (χ1n) is 2.04. The molecule has 0 saturated heterocycles. The maximum Gasteiger partial charge on any atom is 0.188 e. The minimum absolute atomic E-state index is 0.593. The third-order valence-electron chi connectivity index (χ3n) is 0.565. The molecule has 0 heterocycles. The first kappa shape index (κ1) is 6.82. The lowest BCUT2D eigenvalue weighted by Gasteiger charge is -2.01. The topological polar surface area (TPSA) is 9.23 Å². The van der Waals surface area contributed by atoms with E-state index in [1.807, 2.05) is 0 Å². The minimum atomic E-state index is -0.898. The fourth-order valence-electron chi connectivity index (χ4n) is 0.152. The lowest BCUT2D eigenvalue weighted by Crippen LogP contribution is -2.08. The van der Waals surface area contributed by atoms with Crippen molar-refractivity contribution in [1.82, 2.24) is 0 Å². The molecule has 44 valence electrons. The van der Waals surface area contributed by atoms with Crippen molar-refractivity contribution in [3.05, 3.63) is 0 Å². The van der Waals surface area contributed by atoms with Gasteiger partial charge in [-0.3, -0.25) is 0 Å². The summed E-state index contributed by atoms with van der Waals surface area (Å²) in [4.78, 5) is 0. The molecule has 0 rings (SSSR count). The molecule has 0 aliphatic heterocycles. The van der Waals surface area contributed by atoms with Gasteiger partial charge in [0, 0.05) is 0 Å². The van der Waals surface area contributed by atoms with E-state index in [2.05, 4.69) is 4.74 Å². The quantitative estimate of drug-likeness (QED) is 0.531. The van der Waals surface area contributed by atoms with Crippen molar-refractivity contribution in [2.45, 2.75) is 13.0 Å². The van der Waals surface area contributed by atoms with Crippen LogP contribution in [0.1, 0.15) is 6.92 Å². The van der Waals surface area contributed by atoms with Crippen LogP contribution in [0.4, 0.5) is 8.78 Å². The van der Waals surface area contributed by atoms with Crippen molar-refractivity contribution in [3.63, 3.8) is 0 Å². The minimum Gasteiger partial charge on any atom is -0.345 e. The van der Waals surface area contributed by atoms with E-state index in [-0.39, 0.29) is 0 Å². The predicted octanol–water partition coefficient (Wildman–Crippen LogP) is 1.29. The highest BCUT2D eigenvalue weighted by Gasteiger charge is 1.96. The lowest BCUT2D eigenvalue weighted by atomic mass is 10.5. The Bertz CT molecular complexity index is 40.7. The van der Waals surface area contributed by atoms with Crippen molar-refractivity contribution in [2.75, 3.05) is 13.5 Å². The van der Waals surface area contributed by atoms with Crippen LogP contribution in [0, 0.1) is 0 Å². The van der Waals surface area contributed by atoms with E-state index < -0.39 is 19.6 Å². The standard InChI is InChI=1S/C4H8F2O/c1-4(2-5)7-3-6/h4H,2-3H2,1H3. The van der Waals surface area contributed by atoms with Crippen molar-refractivity contribution >= 4 is 0 Å². The largest absolute Gasteiger partial charge is 0.345 e. The van der Waals surface area contributed by atoms with E-state index >= 15 is 0 Å². The molecule has 0 aromatic carbocycles. The number of halogens is 2. The molecule has 0 aromatic heterocycles. The number of ether oxygens (including phenoxy) is 1. The Hall–Kier alpha value is -0.180. The second-order valence-corrected chi connectivity index (χ2v) is 1.24. The molecule has 7 heavy (non-hydrogen) atoms. The van der Waals surface area contributed by atoms with Crippen molar-refractivity contribution in [2.24, 2.45) is 0 Å². The third-order valence-corrected chi connectivity index (χ3v) is 0.565. The van der Waals surface area contributed by atoms with Gasteiger partial charge in [0.05, 0.1) is 6.10 Å². The zero-order valence-electron chi connectivity index (χ0n) is 4.16. The molecular formula is C4H8F2O. The summed E-state index contributed by atoms with van der Waals surface area (Å²) in [6.07, 6.45) is -0.593. The zero-order chi connectivity index (χ0) is 5.70. The van der Waals surface area contributed by atoms with E-state index in [4.69, 9.17) is 0 Å². The van der Waals surface area contributed by atoms with Gasteiger partial charge in [0.25, 0.3) is 0 Å². The molecule has 0 bridgehead atoms. The van der Waals surface area contributed by atoms with E-state index in [0.717, 1.165) is 0 Å². The number of hydrogen-bond acceptors (Lipinski definition) is 1. The Morgan fingerprint density at radius 3 is 2.29 bits per heavy atom. The smallest absolute Gasteiger partial charge is 0.188 e. The van der Waals surface area contributed by atoms with Crippen LogP contribution in [-0.2, 0) is 4.74 Å². The SMILES string of the molecule is CC(CF)OCF. The molecule has 0 aliphatic rings. The highest BCUT2D eigenvalue weighted by Crippen LogP contribution is 1.89. The first-order valence-corrected chi connectivity index (χ1v) is 2.04. The Morgan fingerprint density at radius 1 is 1.57 bits per heavy atom. The average molecular weight is 110 g/mol. The fraction of sp³-hybridized carbons (Fsp3) is 1.00. The van der Waals surface area contributed by atoms with Crippen LogP contribution in [0.25, 0.3) is 0 Å². The highest BCUT2D eigenvalue weighted by atomic mass is 19.1. The summed E-state index contributed by atoms with van der Waals surface area (Å²) < 4.78 is 26.5. The number of rotatable bonds is 3. The fourth-order valence-corrected chi connectivity index (χ4v) is 0.152. The molecule has 1 unspecified atom stereocenters. The maximum atomic E-state index is 11.3. The number of alkyl halides is 2. The summed E-state index contributed by atoms with van der Waals surface area (Å²) in [5.41, 5.74) is 0. The first-order chi connectivity index (χ1) is 3.31. The summed E-state index contributed by atoms with van der Waals surface area (Å²) in [5.74, 6) is 0. The maximum absolute atomic E-state index is 11.3. The van der Waals surface area contributed by atoms with E-state index in [9.17, 15) is 8.78 Å². The third kappa shape index (κ3) is 3.66. The predicted molar refractivity (Wildman–Crippen MR) is 22.5 cm³/mol. The lowest BCUT2D eigenvalue weighted by molar-refractivity contribution is -0.00582. The summed E-state index contributed by atoms with van der Waals surface area (Å²) in [7, 11) is 0. The van der Waals surface area contributed by atoms with Gasteiger partial charge in [-0.1, -0.05) is 0 Å². The molecule has 0 aliphatic carbocycles. The number of hydrogen-bond donors (Lipinski definition) is 0. The van der Waals surface area contributed by atoms with Crippen molar-refractivity contribution in [1.29, 1.82) is 0 Å². The molecule has 3 heteroatoms. The van der Waals surface area contributed by atoms with Gasteiger partial charge in [0.15, 0.2) is 6.86 Å². The Balaban J connectivity index is 2.83. The van der Waals surface area contributed by atoms with Gasteiger partial charge in [-0.05, 0) is 6.92 Å². The monoisotopic (exact) mass is 110 g/mol. The Kier molecular flexibility index (Phi) is 3.89. The molecule has 0 fully saturated rings. The van der Waals surface area contributed by atoms with Gasteiger partial charge in [-0.15, -0.1) is 0 Å². The Morgan fingerprint density at radius 2 is 2.14 bits per heavy atom. The van der Waals surface area contributed by atoms with Gasteiger partial charge < -0.3 is 4.74 Å². The average Bonchev–Trinajstić information content (AvgIpc) is 1.68. The van der Waals surface area contributed by atoms with Crippen molar-refractivity contribution in [3.8, 4) is 0 Å². The van der Waals surface area contributed by atoms with Crippen LogP contribution >= 0.6 is 0 Å². The van der Waals surface area contributed by atoms with E-state index in [1.54, 1.807) is 0 Å². The van der Waals surface area contributed by atoms with Gasteiger partial charge >= 0.3 is 0 Å². The van der Waals surface area contributed by atoms with Crippen LogP contribution in [0.3, 0.4) is 0 Å². The molecule has 1 nitrogen and oxygen atoms in total. The van der Waals surface area contributed by atoms with Crippen LogP contribution in [-0.4, -0.2) is 19.6 Å². The summed E-state index contributed by atoms with van der Waals surface area (Å²) in [6.45, 7) is -0.0470. The summed E-state index contributed by atoms with van der Waals surface area (Å²) in [6, 6.07) is 0. The molecule has 1 atom stereocenters. The normalized spacial score (nSPS) is 14.1. The molecule has 0 N–H and O–H groups in total. The summed E-state index contributed by atoms with van der Waals surface area (Å²) >= 11 is 0. The Labute approximate surface area is 41.3 Å². The molecule has 0 amide bonds. The van der Waals surface area contributed by atoms with Gasteiger partial charge in [0.2, 0.25) is 0 Å². The zero-order valence-corrected chi connectivity index (χ0v) is 4.16. The van der Waals surface area contributed by atoms with Crippen LogP contribution in [0.5, 0.6) is 0 Å².